The lowest BCUT2D eigenvalue weighted by molar-refractivity contribution is -0.122. The Kier molecular flexibility index (Phi) is 4.30. The van der Waals surface area contributed by atoms with Crippen molar-refractivity contribution < 1.29 is 4.79 Å². The monoisotopic (exact) mass is 264 g/mol. The van der Waals surface area contributed by atoms with Crippen molar-refractivity contribution in [2.75, 3.05) is 12.8 Å². The van der Waals surface area contributed by atoms with Gasteiger partial charge in [-0.1, -0.05) is 18.2 Å². The third kappa shape index (κ3) is 2.87. The van der Waals surface area contributed by atoms with Crippen LogP contribution in [-0.4, -0.2) is 18.7 Å². The van der Waals surface area contributed by atoms with Crippen molar-refractivity contribution in [1.29, 1.82) is 0 Å². The van der Waals surface area contributed by atoms with E-state index in [-0.39, 0.29) is 11.4 Å². The highest BCUT2D eigenvalue weighted by atomic mass is 32.2. The Labute approximate surface area is 113 Å². The Hall–Kier alpha value is -1.00. The molecule has 1 aliphatic carbocycles. The zero-order valence-electron chi connectivity index (χ0n) is 10.7. The molecule has 1 amide bonds. The van der Waals surface area contributed by atoms with Crippen molar-refractivity contribution in [2.45, 2.75) is 36.1 Å². The molecule has 0 unspecified atom stereocenters. The second kappa shape index (κ2) is 5.76. The molecule has 0 heterocycles. The molecule has 1 aliphatic rings. The fourth-order valence-corrected chi connectivity index (χ4v) is 2.92. The molecule has 0 radical (unpaired) electrons. The van der Waals surface area contributed by atoms with Gasteiger partial charge in [-0.25, -0.2) is 0 Å². The average Bonchev–Trinajstić information content (AvgIpc) is 3.17. The van der Waals surface area contributed by atoms with Crippen LogP contribution >= 0.6 is 11.8 Å². The van der Waals surface area contributed by atoms with Crippen molar-refractivity contribution in [1.82, 2.24) is 5.32 Å². The average molecular weight is 264 g/mol. The molecule has 4 heteroatoms. The molecule has 3 N–H and O–H groups in total. The standard InChI is InChI=1S/C14H20N2OS/c1-18-12-6-3-2-5-11(12)14(8-9-14)16-13(17)7-4-10-15/h2-3,5-6H,4,7-10,15H2,1H3,(H,16,17). The smallest absolute Gasteiger partial charge is 0.220 e. The number of carbonyl (C=O) groups is 1. The molecule has 3 nitrogen and oxygen atoms in total. The van der Waals surface area contributed by atoms with Crippen LogP contribution in [0.25, 0.3) is 0 Å². The SMILES string of the molecule is CSc1ccccc1C1(NC(=O)CCCN)CC1. The molecule has 98 valence electrons. The Balaban J connectivity index is 2.09. The molecule has 0 atom stereocenters. The van der Waals surface area contributed by atoms with Crippen LogP contribution in [0.1, 0.15) is 31.2 Å². The summed E-state index contributed by atoms with van der Waals surface area (Å²) in [7, 11) is 0. The van der Waals surface area contributed by atoms with Gasteiger partial charge in [-0.05, 0) is 43.7 Å². The van der Waals surface area contributed by atoms with E-state index in [1.165, 1.54) is 10.5 Å². The molecular formula is C14H20N2OS. The summed E-state index contributed by atoms with van der Waals surface area (Å²) in [5.74, 6) is 0.119. The van der Waals surface area contributed by atoms with Crippen molar-refractivity contribution in [3.05, 3.63) is 29.8 Å². The number of thioether (sulfide) groups is 1. The van der Waals surface area contributed by atoms with Gasteiger partial charge in [0.2, 0.25) is 5.91 Å². The Morgan fingerprint density at radius 2 is 2.17 bits per heavy atom. The highest BCUT2D eigenvalue weighted by Crippen LogP contribution is 2.48. The van der Waals surface area contributed by atoms with E-state index in [0.717, 1.165) is 19.3 Å². The number of benzene rings is 1. The van der Waals surface area contributed by atoms with Crippen LogP contribution in [0.4, 0.5) is 0 Å². The maximum Gasteiger partial charge on any atom is 0.220 e. The van der Waals surface area contributed by atoms with Gasteiger partial charge in [-0.3, -0.25) is 4.79 Å². The van der Waals surface area contributed by atoms with Gasteiger partial charge in [0.25, 0.3) is 0 Å². The van der Waals surface area contributed by atoms with E-state index >= 15 is 0 Å². The number of nitrogens with one attached hydrogen (secondary N) is 1. The number of hydrogen-bond donors (Lipinski definition) is 2. The number of carbonyl (C=O) groups excluding carboxylic acids is 1. The Morgan fingerprint density at radius 3 is 2.78 bits per heavy atom. The van der Waals surface area contributed by atoms with Crippen LogP contribution in [0, 0.1) is 0 Å². The summed E-state index contributed by atoms with van der Waals surface area (Å²) in [6, 6.07) is 8.33. The van der Waals surface area contributed by atoms with Crippen LogP contribution in [-0.2, 0) is 10.3 Å². The lowest BCUT2D eigenvalue weighted by Gasteiger charge is -2.20. The molecule has 0 aliphatic heterocycles. The lowest BCUT2D eigenvalue weighted by Crippen LogP contribution is -2.35. The molecular weight excluding hydrogens is 244 g/mol. The van der Waals surface area contributed by atoms with Gasteiger partial charge < -0.3 is 11.1 Å². The molecule has 1 aromatic rings. The fourth-order valence-electron chi connectivity index (χ4n) is 2.22. The largest absolute Gasteiger partial charge is 0.347 e. The zero-order chi connectivity index (χ0) is 13.0. The second-order valence-electron chi connectivity index (χ2n) is 4.72. The maximum atomic E-state index is 11.9. The fraction of sp³-hybridized carbons (Fsp3) is 0.500. The highest BCUT2D eigenvalue weighted by Gasteiger charge is 2.46. The van der Waals surface area contributed by atoms with Gasteiger partial charge in [0.15, 0.2) is 0 Å². The van der Waals surface area contributed by atoms with Crippen LogP contribution < -0.4 is 11.1 Å². The molecule has 18 heavy (non-hydrogen) atoms. The van der Waals surface area contributed by atoms with Gasteiger partial charge in [0.05, 0.1) is 5.54 Å². The minimum atomic E-state index is -0.106. The third-order valence-electron chi connectivity index (χ3n) is 3.36. The zero-order valence-corrected chi connectivity index (χ0v) is 11.6. The van der Waals surface area contributed by atoms with E-state index < -0.39 is 0 Å². The summed E-state index contributed by atoms with van der Waals surface area (Å²) in [6.45, 7) is 0.571. The van der Waals surface area contributed by atoms with E-state index in [0.29, 0.717) is 13.0 Å². The molecule has 2 rings (SSSR count). The maximum absolute atomic E-state index is 11.9. The molecule has 1 saturated carbocycles. The minimum absolute atomic E-state index is 0.106. The van der Waals surface area contributed by atoms with E-state index in [9.17, 15) is 4.79 Å². The first-order chi connectivity index (χ1) is 8.72. The molecule has 0 spiro atoms. The predicted octanol–water partition coefficient (Wildman–Crippen LogP) is 2.25. The number of amides is 1. The second-order valence-corrected chi connectivity index (χ2v) is 5.57. The Bertz CT molecular complexity index is 430. The van der Waals surface area contributed by atoms with Crippen LogP contribution in [0.5, 0.6) is 0 Å². The van der Waals surface area contributed by atoms with Crippen molar-refractivity contribution in [3.8, 4) is 0 Å². The van der Waals surface area contributed by atoms with Crippen molar-refractivity contribution in [3.63, 3.8) is 0 Å². The lowest BCUT2D eigenvalue weighted by atomic mass is 10.0. The van der Waals surface area contributed by atoms with Crippen molar-refractivity contribution in [2.24, 2.45) is 5.73 Å². The van der Waals surface area contributed by atoms with Crippen LogP contribution in [0.15, 0.2) is 29.2 Å². The van der Waals surface area contributed by atoms with E-state index in [4.69, 9.17) is 5.73 Å². The minimum Gasteiger partial charge on any atom is -0.347 e. The van der Waals surface area contributed by atoms with Crippen molar-refractivity contribution >= 4 is 17.7 Å². The molecule has 0 aromatic heterocycles. The van der Waals surface area contributed by atoms with Gasteiger partial charge in [-0.2, -0.15) is 0 Å². The molecule has 0 saturated heterocycles. The summed E-state index contributed by atoms with van der Waals surface area (Å²) in [5.41, 5.74) is 6.59. The van der Waals surface area contributed by atoms with E-state index in [1.54, 1.807) is 11.8 Å². The molecule has 0 bridgehead atoms. The van der Waals surface area contributed by atoms with Gasteiger partial charge in [0.1, 0.15) is 0 Å². The first kappa shape index (κ1) is 13.4. The topological polar surface area (TPSA) is 55.1 Å². The normalized spacial score (nSPS) is 16.3. The van der Waals surface area contributed by atoms with E-state index in [2.05, 4.69) is 23.7 Å². The number of nitrogens with two attached hydrogens (primary N) is 1. The van der Waals surface area contributed by atoms with Gasteiger partial charge in [0, 0.05) is 11.3 Å². The first-order valence-electron chi connectivity index (χ1n) is 6.36. The van der Waals surface area contributed by atoms with E-state index in [1.807, 2.05) is 12.1 Å². The van der Waals surface area contributed by atoms with Crippen LogP contribution in [0.2, 0.25) is 0 Å². The quantitative estimate of drug-likeness (QED) is 0.775. The number of rotatable bonds is 6. The van der Waals surface area contributed by atoms with Crippen LogP contribution in [0.3, 0.4) is 0 Å². The Morgan fingerprint density at radius 1 is 1.44 bits per heavy atom. The summed E-state index contributed by atoms with van der Waals surface area (Å²) in [5, 5.41) is 3.19. The summed E-state index contributed by atoms with van der Waals surface area (Å²) < 4.78 is 0. The third-order valence-corrected chi connectivity index (χ3v) is 4.16. The number of hydrogen-bond acceptors (Lipinski definition) is 3. The highest BCUT2D eigenvalue weighted by molar-refractivity contribution is 7.98. The summed E-state index contributed by atoms with van der Waals surface area (Å²) in [6.07, 6.45) is 5.44. The summed E-state index contributed by atoms with van der Waals surface area (Å²) in [4.78, 5) is 13.1. The molecule has 1 fully saturated rings. The predicted molar refractivity (Wildman–Crippen MR) is 75.6 cm³/mol. The van der Waals surface area contributed by atoms with Gasteiger partial charge >= 0.3 is 0 Å². The first-order valence-corrected chi connectivity index (χ1v) is 7.59. The van der Waals surface area contributed by atoms with Gasteiger partial charge in [-0.15, -0.1) is 11.8 Å². The summed E-state index contributed by atoms with van der Waals surface area (Å²) >= 11 is 1.74. The molecule has 1 aromatic carbocycles.